The lowest BCUT2D eigenvalue weighted by Gasteiger charge is -2.12. The molecule has 2 aromatic heterocycles. The smallest absolute Gasteiger partial charge is 0.253 e. The molecule has 0 aliphatic rings. The number of rotatable bonds is 7. The number of carbonyl (C=O) groups is 1. The van der Waals surface area contributed by atoms with Crippen LogP contribution in [0.1, 0.15) is 20.3 Å². The van der Waals surface area contributed by atoms with Gasteiger partial charge in [-0.3, -0.25) is 9.59 Å². The minimum atomic E-state index is -0.444. The van der Waals surface area contributed by atoms with Gasteiger partial charge in [0.2, 0.25) is 5.91 Å². The van der Waals surface area contributed by atoms with Crippen LogP contribution in [0.5, 0.6) is 5.75 Å². The van der Waals surface area contributed by atoms with Crippen molar-refractivity contribution >= 4 is 50.2 Å². The van der Waals surface area contributed by atoms with Crippen molar-refractivity contribution in [2.75, 3.05) is 17.7 Å². The number of ether oxygens (including phenoxy) is 1. The van der Waals surface area contributed by atoms with Gasteiger partial charge in [-0.1, -0.05) is 30.0 Å². The maximum atomic E-state index is 12.6. The average molecular weight is 406 g/mol. The Balaban J connectivity index is 1.74. The third kappa shape index (κ3) is 4.77. The van der Waals surface area contributed by atoms with Crippen molar-refractivity contribution in [1.82, 2.24) is 15.0 Å². The van der Waals surface area contributed by atoms with Gasteiger partial charge in [0.25, 0.3) is 5.56 Å². The number of hydrogen-bond acceptors (Lipinski definition) is 8. The Morgan fingerprint density at radius 1 is 1.37 bits per heavy atom. The second-order valence-corrected chi connectivity index (χ2v) is 7.78. The zero-order valence-electron chi connectivity index (χ0n) is 14.8. The van der Waals surface area contributed by atoms with Crippen LogP contribution in [0.4, 0.5) is 10.9 Å². The molecule has 4 N–H and O–H groups in total. The van der Waals surface area contributed by atoms with Crippen molar-refractivity contribution in [2.45, 2.75) is 30.7 Å². The van der Waals surface area contributed by atoms with Crippen LogP contribution in [0, 0.1) is 0 Å². The summed E-state index contributed by atoms with van der Waals surface area (Å²) < 4.78 is 6.42. The summed E-state index contributed by atoms with van der Waals surface area (Å²) in [6.45, 7) is 4.39. The summed E-state index contributed by atoms with van der Waals surface area (Å²) in [6.07, 6.45) is 0.550. The summed E-state index contributed by atoms with van der Waals surface area (Å²) in [5.41, 5.74) is 6.03. The minimum absolute atomic E-state index is 0.118. The quantitative estimate of drug-likeness (QED) is 0.408. The maximum absolute atomic E-state index is 12.6. The fourth-order valence-corrected chi connectivity index (χ4v) is 4.18. The molecule has 1 aromatic carbocycles. The van der Waals surface area contributed by atoms with Crippen molar-refractivity contribution in [2.24, 2.45) is 0 Å². The fourth-order valence-electron chi connectivity index (χ4n) is 2.37. The van der Waals surface area contributed by atoms with Crippen molar-refractivity contribution in [3.63, 3.8) is 0 Å². The Labute approximate surface area is 163 Å². The van der Waals surface area contributed by atoms with E-state index in [1.807, 2.05) is 32.0 Å². The van der Waals surface area contributed by atoms with Gasteiger partial charge >= 0.3 is 0 Å². The highest BCUT2D eigenvalue weighted by Crippen LogP contribution is 2.30. The van der Waals surface area contributed by atoms with Crippen LogP contribution in [0.2, 0.25) is 0 Å². The van der Waals surface area contributed by atoms with Crippen molar-refractivity contribution in [3.05, 3.63) is 34.6 Å². The second kappa shape index (κ2) is 8.40. The Bertz CT molecular complexity index is 1020. The molecule has 0 saturated heterocycles. The molecular formula is C17H19N5O3S2. The van der Waals surface area contributed by atoms with Crippen molar-refractivity contribution < 1.29 is 9.53 Å². The van der Waals surface area contributed by atoms with Crippen molar-refractivity contribution in [3.8, 4) is 5.75 Å². The molecule has 0 bridgehead atoms. The van der Waals surface area contributed by atoms with Gasteiger partial charge in [0.1, 0.15) is 11.6 Å². The maximum Gasteiger partial charge on any atom is 0.253 e. The van der Waals surface area contributed by atoms with E-state index in [0.29, 0.717) is 23.3 Å². The van der Waals surface area contributed by atoms with Gasteiger partial charge < -0.3 is 20.8 Å². The standard InChI is InChI=1S/C17H19N5O3S2/c1-3-11(26-17-20-13(18)8-14(23)21-17)15(24)22-16-19-10-6-5-9(25-4-2)7-12(10)27-16/h5-8,11H,3-4H2,1-2H3,(H,19,22,24)(H3,18,20,21,23). The van der Waals surface area contributed by atoms with Gasteiger partial charge in [-0.25, -0.2) is 9.97 Å². The van der Waals surface area contributed by atoms with E-state index in [-0.39, 0.29) is 17.3 Å². The Kier molecular flexibility index (Phi) is 5.97. The monoisotopic (exact) mass is 405 g/mol. The largest absolute Gasteiger partial charge is 0.494 e. The number of amides is 1. The Morgan fingerprint density at radius 3 is 2.89 bits per heavy atom. The number of carbonyl (C=O) groups excluding carboxylic acids is 1. The van der Waals surface area contributed by atoms with Gasteiger partial charge in [-0.05, 0) is 31.5 Å². The number of thiazole rings is 1. The molecule has 10 heteroatoms. The van der Waals surface area contributed by atoms with Crippen LogP contribution in [-0.2, 0) is 4.79 Å². The summed E-state index contributed by atoms with van der Waals surface area (Å²) >= 11 is 2.54. The minimum Gasteiger partial charge on any atom is -0.494 e. The highest BCUT2D eigenvalue weighted by Gasteiger charge is 2.21. The molecule has 1 unspecified atom stereocenters. The number of aromatic amines is 1. The third-order valence-electron chi connectivity index (χ3n) is 3.56. The summed E-state index contributed by atoms with van der Waals surface area (Å²) in [6, 6.07) is 6.81. The molecule has 0 saturated carbocycles. The molecule has 2 heterocycles. The fraction of sp³-hybridized carbons (Fsp3) is 0.294. The number of benzene rings is 1. The lowest BCUT2D eigenvalue weighted by atomic mass is 10.3. The number of nitrogens with two attached hydrogens (primary N) is 1. The Hall–Kier alpha value is -2.59. The van der Waals surface area contributed by atoms with E-state index in [9.17, 15) is 9.59 Å². The molecule has 0 aliphatic carbocycles. The topological polar surface area (TPSA) is 123 Å². The molecule has 27 heavy (non-hydrogen) atoms. The molecule has 0 fully saturated rings. The normalized spacial score (nSPS) is 12.1. The first-order valence-electron chi connectivity index (χ1n) is 8.36. The van der Waals surface area contributed by atoms with Crippen LogP contribution < -0.4 is 21.3 Å². The molecule has 0 radical (unpaired) electrons. The number of nitrogens with one attached hydrogen (secondary N) is 2. The van der Waals surface area contributed by atoms with E-state index in [4.69, 9.17) is 10.5 Å². The number of aromatic nitrogens is 3. The predicted octanol–water partition coefficient (Wildman–Crippen LogP) is 2.87. The third-order valence-corrected chi connectivity index (χ3v) is 5.74. The molecule has 3 aromatic rings. The lowest BCUT2D eigenvalue weighted by Crippen LogP contribution is -2.25. The SMILES string of the molecule is CCOc1ccc2nc(NC(=O)C(CC)Sc3nc(N)cc(=O)[nH]3)sc2c1. The molecule has 1 atom stereocenters. The first-order valence-corrected chi connectivity index (χ1v) is 10.1. The summed E-state index contributed by atoms with van der Waals surface area (Å²) in [5.74, 6) is 0.676. The van der Waals surface area contributed by atoms with E-state index in [0.717, 1.165) is 27.7 Å². The number of anilines is 2. The van der Waals surface area contributed by atoms with Crippen LogP contribution in [-0.4, -0.2) is 32.7 Å². The first-order chi connectivity index (χ1) is 13.0. The van der Waals surface area contributed by atoms with Crippen LogP contribution in [0.25, 0.3) is 10.2 Å². The Morgan fingerprint density at radius 2 is 2.19 bits per heavy atom. The van der Waals surface area contributed by atoms with E-state index in [2.05, 4.69) is 20.3 Å². The molecule has 0 aliphatic heterocycles. The number of fused-ring (bicyclic) bond motifs is 1. The highest BCUT2D eigenvalue weighted by molar-refractivity contribution is 8.00. The average Bonchev–Trinajstić information content (AvgIpc) is 3.00. The van der Waals surface area contributed by atoms with Gasteiger partial charge in [0.05, 0.1) is 22.1 Å². The van der Waals surface area contributed by atoms with Crippen LogP contribution in [0.3, 0.4) is 0 Å². The lowest BCUT2D eigenvalue weighted by molar-refractivity contribution is -0.115. The van der Waals surface area contributed by atoms with Gasteiger partial charge in [0.15, 0.2) is 10.3 Å². The number of H-pyrrole nitrogens is 1. The molecule has 142 valence electrons. The number of hydrogen-bond donors (Lipinski definition) is 3. The predicted molar refractivity (Wildman–Crippen MR) is 109 cm³/mol. The van der Waals surface area contributed by atoms with E-state index >= 15 is 0 Å². The van der Waals surface area contributed by atoms with Crippen LogP contribution in [0.15, 0.2) is 34.2 Å². The molecule has 8 nitrogen and oxygen atoms in total. The van der Waals surface area contributed by atoms with Crippen molar-refractivity contribution in [1.29, 1.82) is 0 Å². The van der Waals surface area contributed by atoms with E-state index in [1.54, 1.807) is 0 Å². The number of thioether (sulfide) groups is 1. The summed E-state index contributed by atoms with van der Waals surface area (Å²) in [7, 11) is 0. The summed E-state index contributed by atoms with van der Waals surface area (Å²) in [5, 5.41) is 3.22. The van der Waals surface area contributed by atoms with Gasteiger partial charge in [0, 0.05) is 6.07 Å². The van der Waals surface area contributed by atoms with Crippen LogP contribution >= 0.6 is 23.1 Å². The highest BCUT2D eigenvalue weighted by atomic mass is 32.2. The van der Waals surface area contributed by atoms with Gasteiger partial charge in [-0.15, -0.1) is 0 Å². The molecule has 1 amide bonds. The number of nitrogens with zero attached hydrogens (tertiary/aromatic N) is 2. The summed E-state index contributed by atoms with van der Waals surface area (Å²) in [4.78, 5) is 35.2. The van der Waals surface area contributed by atoms with Gasteiger partial charge in [-0.2, -0.15) is 0 Å². The number of nitrogen functional groups attached to an aromatic ring is 1. The molecule has 3 rings (SSSR count). The molecule has 0 spiro atoms. The first kappa shape index (κ1) is 19.2. The molecular weight excluding hydrogens is 386 g/mol. The second-order valence-electron chi connectivity index (χ2n) is 5.56. The van der Waals surface area contributed by atoms with E-state index < -0.39 is 5.25 Å². The van der Waals surface area contributed by atoms with E-state index in [1.165, 1.54) is 17.4 Å². The zero-order chi connectivity index (χ0) is 19.4. The zero-order valence-corrected chi connectivity index (χ0v) is 16.4.